The van der Waals surface area contributed by atoms with Crippen LogP contribution in [0.1, 0.15) is 367 Å². The topological polar surface area (TPSA) is 78.9 Å². The Balaban J connectivity index is 4.31. The van der Waals surface area contributed by atoms with Crippen LogP contribution in [0.15, 0.2) is 36.5 Å². The van der Waals surface area contributed by atoms with Crippen molar-refractivity contribution in [2.45, 2.75) is 374 Å². The minimum atomic E-state index is -0.785. The number of hydrogen-bond acceptors (Lipinski definition) is 6. The summed E-state index contributed by atoms with van der Waals surface area (Å²) in [6, 6.07) is 0. The highest BCUT2D eigenvalue weighted by Crippen LogP contribution is 2.18. The van der Waals surface area contributed by atoms with Gasteiger partial charge in [-0.1, -0.05) is 327 Å². The third-order valence-electron chi connectivity index (χ3n) is 15.1. The third kappa shape index (κ3) is 62.4. The van der Waals surface area contributed by atoms with Crippen molar-refractivity contribution < 1.29 is 28.6 Å². The monoisotopic (exact) mass is 1050 g/mol. The maximum atomic E-state index is 12.9. The van der Waals surface area contributed by atoms with Crippen LogP contribution in [0.2, 0.25) is 0 Å². The first-order valence-electron chi connectivity index (χ1n) is 33.5. The number of allylic oxidation sites excluding steroid dienone is 6. The van der Waals surface area contributed by atoms with Crippen LogP contribution in [0.4, 0.5) is 0 Å². The molecule has 6 nitrogen and oxygen atoms in total. The first-order valence-corrected chi connectivity index (χ1v) is 33.5. The van der Waals surface area contributed by atoms with E-state index >= 15 is 0 Å². The van der Waals surface area contributed by atoms with E-state index < -0.39 is 6.10 Å². The van der Waals surface area contributed by atoms with Gasteiger partial charge < -0.3 is 14.2 Å². The van der Waals surface area contributed by atoms with Crippen molar-refractivity contribution >= 4 is 17.9 Å². The van der Waals surface area contributed by atoms with Gasteiger partial charge in [-0.15, -0.1) is 0 Å². The molecule has 0 spiro atoms. The fraction of sp³-hybridized carbons (Fsp3) is 0.870. The van der Waals surface area contributed by atoms with Crippen molar-refractivity contribution in [2.75, 3.05) is 13.2 Å². The van der Waals surface area contributed by atoms with Crippen LogP contribution >= 0.6 is 0 Å². The summed E-state index contributed by atoms with van der Waals surface area (Å²) in [5.41, 5.74) is 0. The number of ether oxygens (including phenoxy) is 3. The van der Waals surface area contributed by atoms with E-state index in [0.29, 0.717) is 19.3 Å². The zero-order valence-electron chi connectivity index (χ0n) is 50.6. The Labute approximate surface area is 467 Å². The summed E-state index contributed by atoms with van der Waals surface area (Å²) in [5.74, 6) is -0.890. The summed E-state index contributed by atoms with van der Waals surface area (Å²) >= 11 is 0. The summed E-state index contributed by atoms with van der Waals surface area (Å²) in [6.07, 6.45) is 78.8. The number of rotatable bonds is 62. The van der Waals surface area contributed by atoms with Gasteiger partial charge in [0.15, 0.2) is 6.10 Å². The van der Waals surface area contributed by atoms with E-state index in [1.807, 2.05) is 0 Å². The average Bonchev–Trinajstić information content (AvgIpc) is 3.41. The van der Waals surface area contributed by atoms with E-state index in [1.54, 1.807) is 0 Å². The lowest BCUT2D eigenvalue weighted by Gasteiger charge is -2.18. The SMILES string of the molecule is CCCCC/C=C\C/C=C\C/C=C\CCCCC(=O)OC[C@H](COC(=O)CCCCCCCCCCCCCCCCCCCCCCC)OC(=O)CCCCCCCCCCCCCCCCCCCCCCC. The molecule has 0 aromatic rings. The summed E-state index contributed by atoms with van der Waals surface area (Å²) < 4.78 is 16.9. The number of unbranched alkanes of at least 4 members (excludes halogenated alkanes) is 45. The van der Waals surface area contributed by atoms with E-state index in [0.717, 1.165) is 70.6 Å². The van der Waals surface area contributed by atoms with Crippen molar-refractivity contribution in [3.8, 4) is 0 Å². The van der Waals surface area contributed by atoms with Gasteiger partial charge in [-0.3, -0.25) is 14.4 Å². The molecule has 0 fully saturated rings. The van der Waals surface area contributed by atoms with Crippen molar-refractivity contribution in [3.05, 3.63) is 36.5 Å². The Morgan fingerprint density at radius 2 is 0.480 bits per heavy atom. The lowest BCUT2D eigenvalue weighted by molar-refractivity contribution is -0.167. The van der Waals surface area contributed by atoms with Crippen LogP contribution in [0.5, 0.6) is 0 Å². The van der Waals surface area contributed by atoms with Gasteiger partial charge in [0.2, 0.25) is 0 Å². The van der Waals surface area contributed by atoms with Crippen molar-refractivity contribution in [3.63, 3.8) is 0 Å². The van der Waals surface area contributed by atoms with Crippen LogP contribution in [0, 0.1) is 0 Å². The van der Waals surface area contributed by atoms with Gasteiger partial charge in [0.05, 0.1) is 0 Å². The van der Waals surface area contributed by atoms with Gasteiger partial charge in [0.1, 0.15) is 13.2 Å². The molecule has 0 aliphatic heterocycles. The van der Waals surface area contributed by atoms with Gasteiger partial charge in [0.25, 0.3) is 0 Å². The van der Waals surface area contributed by atoms with E-state index in [1.165, 1.54) is 257 Å². The Morgan fingerprint density at radius 3 is 0.773 bits per heavy atom. The van der Waals surface area contributed by atoms with Crippen molar-refractivity contribution in [1.82, 2.24) is 0 Å². The summed E-state index contributed by atoms with van der Waals surface area (Å²) in [7, 11) is 0. The molecule has 0 unspecified atom stereocenters. The normalized spacial score (nSPS) is 12.2. The number of hydrogen-bond donors (Lipinski definition) is 0. The average molecular weight is 1050 g/mol. The standard InChI is InChI=1S/C69H128O6/c1-4-7-10-13-16-19-22-25-28-30-32-34-36-38-41-44-47-50-53-56-59-62-68(71)74-65-66(64-73-67(70)61-58-55-52-49-46-43-40-27-24-21-18-15-12-9-6-3)75-69(72)63-60-57-54-51-48-45-42-39-37-35-33-31-29-26-23-20-17-14-11-8-5-2/h18,21,27,40,46,49,66H,4-17,19-20,22-26,28-39,41-45,47-48,50-65H2,1-3H3/b21-18-,40-27-,49-46-/t66-/m1/s1. The Bertz CT molecular complexity index is 1250. The molecule has 1 atom stereocenters. The van der Waals surface area contributed by atoms with Crippen LogP contribution in [0.25, 0.3) is 0 Å². The molecular formula is C69H128O6. The lowest BCUT2D eigenvalue weighted by Crippen LogP contribution is -2.30. The summed E-state index contributed by atoms with van der Waals surface area (Å²) in [5, 5.41) is 0. The zero-order valence-corrected chi connectivity index (χ0v) is 50.6. The quantitative estimate of drug-likeness (QED) is 0.0261. The maximum Gasteiger partial charge on any atom is 0.306 e. The van der Waals surface area contributed by atoms with Gasteiger partial charge in [-0.05, 0) is 57.8 Å². The maximum absolute atomic E-state index is 12.9. The van der Waals surface area contributed by atoms with E-state index in [-0.39, 0.29) is 31.1 Å². The van der Waals surface area contributed by atoms with Crippen LogP contribution < -0.4 is 0 Å². The molecule has 0 rings (SSSR count). The predicted molar refractivity (Wildman–Crippen MR) is 326 cm³/mol. The molecule has 0 N–H and O–H groups in total. The second-order valence-electron chi connectivity index (χ2n) is 22.7. The molecule has 0 amide bonds. The third-order valence-corrected chi connectivity index (χ3v) is 15.1. The lowest BCUT2D eigenvalue weighted by atomic mass is 10.0. The van der Waals surface area contributed by atoms with Gasteiger partial charge in [-0.2, -0.15) is 0 Å². The molecule has 0 bridgehead atoms. The molecule has 0 aromatic heterocycles. The minimum Gasteiger partial charge on any atom is -0.462 e. The van der Waals surface area contributed by atoms with Crippen LogP contribution in [-0.2, 0) is 28.6 Å². The molecule has 0 aromatic carbocycles. The van der Waals surface area contributed by atoms with Gasteiger partial charge >= 0.3 is 17.9 Å². The predicted octanol–water partition coefficient (Wildman–Crippen LogP) is 22.8. The minimum absolute atomic E-state index is 0.0785. The Hall–Kier alpha value is -2.37. The van der Waals surface area contributed by atoms with Crippen molar-refractivity contribution in [2.24, 2.45) is 0 Å². The second kappa shape index (κ2) is 64.2. The molecule has 0 saturated carbocycles. The molecule has 75 heavy (non-hydrogen) atoms. The molecule has 0 heterocycles. The van der Waals surface area contributed by atoms with Gasteiger partial charge in [-0.25, -0.2) is 0 Å². The number of esters is 3. The van der Waals surface area contributed by atoms with E-state index in [9.17, 15) is 14.4 Å². The number of carbonyl (C=O) groups excluding carboxylic acids is 3. The second-order valence-corrected chi connectivity index (χ2v) is 22.7. The van der Waals surface area contributed by atoms with Crippen molar-refractivity contribution in [1.29, 1.82) is 0 Å². The van der Waals surface area contributed by atoms with Gasteiger partial charge in [0, 0.05) is 19.3 Å². The van der Waals surface area contributed by atoms with Crippen LogP contribution in [0.3, 0.4) is 0 Å². The van der Waals surface area contributed by atoms with E-state index in [4.69, 9.17) is 14.2 Å². The van der Waals surface area contributed by atoms with Crippen LogP contribution in [-0.4, -0.2) is 37.2 Å². The van der Waals surface area contributed by atoms with E-state index in [2.05, 4.69) is 57.2 Å². The molecule has 440 valence electrons. The summed E-state index contributed by atoms with van der Waals surface area (Å²) in [4.78, 5) is 38.3. The highest BCUT2D eigenvalue weighted by molar-refractivity contribution is 5.71. The molecular weight excluding hydrogens is 925 g/mol. The fourth-order valence-electron chi connectivity index (χ4n) is 10.1. The number of carbonyl (C=O) groups is 3. The zero-order chi connectivity index (χ0) is 54.3. The molecule has 0 aliphatic rings. The highest BCUT2D eigenvalue weighted by atomic mass is 16.6. The summed E-state index contributed by atoms with van der Waals surface area (Å²) in [6.45, 7) is 6.65. The molecule has 0 radical (unpaired) electrons. The first kappa shape index (κ1) is 72.6. The molecule has 6 heteroatoms. The molecule has 0 saturated heterocycles. The fourth-order valence-corrected chi connectivity index (χ4v) is 10.1. The highest BCUT2D eigenvalue weighted by Gasteiger charge is 2.19. The molecule has 0 aliphatic carbocycles. The first-order chi connectivity index (χ1) is 37.0. The Morgan fingerprint density at radius 1 is 0.267 bits per heavy atom. The smallest absolute Gasteiger partial charge is 0.306 e. The largest absolute Gasteiger partial charge is 0.462 e. The Kier molecular flexibility index (Phi) is 62.1.